The quantitative estimate of drug-likeness (QED) is 0.908. The van der Waals surface area contributed by atoms with E-state index >= 15 is 0 Å². The second-order valence-electron chi connectivity index (χ2n) is 5.82. The molecule has 21 heavy (non-hydrogen) atoms. The van der Waals surface area contributed by atoms with Gasteiger partial charge >= 0.3 is 0 Å². The summed E-state index contributed by atoms with van der Waals surface area (Å²) >= 11 is 0. The van der Waals surface area contributed by atoms with Crippen LogP contribution in [-0.2, 0) is 4.79 Å². The highest BCUT2D eigenvalue weighted by molar-refractivity contribution is 5.93. The molecular weight excluding hydrogens is 266 g/mol. The number of anilines is 1. The van der Waals surface area contributed by atoms with Crippen molar-refractivity contribution in [3.63, 3.8) is 0 Å². The first kappa shape index (κ1) is 12.6. The Morgan fingerprint density at radius 2 is 2.14 bits per heavy atom. The SMILES string of the molecule is O=C(Nc1ccc(-c2cnco2)cc1)C1CC2CCC1N2. The third kappa shape index (κ3) is 2.34. The number of hydrogen-bond donors (Lipinski definition) is 2. The lowest BCUT2D eigenvalue weighted by atomic mass is 9.88. The molecule has 2 aromatic rings. The van der Waals surface area contributed by atoms with Gasteiger partial charge in [0.1, 0.15) is 0 Å². The second-order valence-corrected chi connectivity index (χ2v) is 5.82. The van der Waals surface area contributed by atoms with Gasteiger partial charge in [0.05, 0.1) is 12.1 Å². The van der Waals surface area contributed by atoms with Crippen LogP contribution in [0.5, 0.6) is 0 Å². The fraction of sp³-hybridized carbons (Fsp3) is 0.375. The highest BCUT2D eigenvalue weighted by Gasteiger charge is 2.42. The van der Waals surface area contributed by atoms with Crippen molar-refractivity contribution in [3.05, 3.63) is 36.9 Å². The van der Waals surface area contributed by atoms with Crippen LogP contribution in [0.15, 0.2) is 41.3 Å². The van der Waals surface area contributed by atoms with Crippen LogP contribution in [0, 0.1) is 5.92 Å². The average Bonchev–Trinajstić information content (AvgIpc) is 3.25. The molecule has 2 aliphatic heterocycles. The predicted molar refractivity (Wildman–Crippen MR) is 78.6 cm³/mol. The Bertz CT molecular complexity index is 636. The maximum Gasteiger partial charge on any atom is 0.229 e. The van der Waals surface area contributed by atoms with Gasteiger partial charge in [-0.25, -0.2) is 4.98 Å². The summed E-state index contributed by atoms with van der Waals surface area (Å²) in [5.41, 5.74) is 1.78. The molecule has 2 saturated heterocycles. The fourth-order valence-electron chi connectivity index (χ4n) is 3.43. The van der Waals surface area contributed by atoms with E-state index in [1.165, 1.54) is 12.8 Å². The average molecular weight is 283 g/mol. The number of amides is 1. The van der Waals surface area contributed by atoms with E-state index in [1.54, 1.807) is 6.20 Å². The van der Waals surface area contributed by atoms with Gasteiger partial charge in [-0.3, -0.25) is 4.79 Å². The zero-order chi connectivity index (χ0) is 14.2. The monoisotopic (exact) mass is 283 g/mol. The van der Waals surface area contributed by atoms with Crippen LogP contribution >= 0.6 is 0 Å². The highest BCUT2D eigenvalue weighted by atomic mass is 16.3. The minimum absolute atomic E-state index is 0.109. The highest BCUT2D eigenvalue weighted by Crippen LogP contribution is 2.34. The van der Waals surface area contributed by atoms with Crippen molar-refractivity contribution in [2.75, 3.05) is 5.32 Å². The van der Waals surface area contributed by atoms with Gasteiger partial charge in [0, 0.05) is 23.3 Å². The van der Waals surface area contributed by atoms with Crippen molar-refractivity contribution in [3.8, 4) is 11.3 Å². The van der Waals surface area contributed by atoms with E-state index in [4.69, 9.17) is 4.42 Å². The summed E-state index contributed by atoms with van der Waals surface area (Å²) in [6.07, 6.45) is 6.38. The Labute approximate surface area is 122 Å². The van der Waals surface area contributed by atoms with E-state index < -0.39 is 0 Å². The number of nitrogens with zero attached hydrogens (tertiary/aromatic N) is 1. The molecule has 1 amide bonds. The summed E-state index contributed by atoms with van der Waals surface area (Å²) in [7, 11) is 0. The summed E-state index contributed by atoms with van der Waals surface area (Å²) < 4.78 is 5.25. The van der Waals surface area contributed by atoms with E-state index in [2.05, 4.69) is 15.6 Å². The molecule has 3 unspecified atom stereocenters. The zero-order valence-corrected chi connectivity index (χ0v) is 11.6. The Kier molecular flexibility index (Phi) is 3.00. The Morgan fingerprint density at radius 1 is 1.29 bits per heavy atom. The fourth-order valence-corrected chi connectivity index (χ4v) is 3.43. The third-order valence-electron chi connectivity index (χ3n) is 4.51. The van der Waals surface area contributed by atoms with Crippen molar-refractivity contribution in [2.24, 2.45) is 5.92 Å². The molecule has 0 spiro atoms. The standard InChI is InChI=1S/C16H17N3O2/c20-16(13-7-12-5-6-14(13)18-12)19-11-3-1-10(2-4-11)15-8-17-9-21-15/h1-4,8-9,12-14,18H,5-7H2,(H,19,20). The van der Waals surface area contributed by atoms with Crippen LogP contribution in [0.4, 0.5) is 5.69 Å². The summed E-state index contributed by atoms with van der Waals surface area (Å²) in [6, 6.07) is 8.56. The molecule has 3 atom stereocenters. The smallest absolute Gasteiger partial charge is 0.229 e. The van der Waals surface area contributed by atoms with Gasteiger partial charge in [-0.15, -0.1) is 0 Å². The van der Waals surface area contributed by atoms with Crippen molar-refractivity contribution >= 4 is 11.6 Å². The summed E-state index contributed by atoms with van der Waals surface area (Å²) in [5, 5.41) is 6.51. The maximum absolute atomic E-state index is 12.3. The lowest BCUT2D eigenvalue weighted by Gasteiger charge is -2.19. The van der Waals surface area contributed by atoms with Gasteiger partial charge in [0.2, 0.25) is 5.91 Å². The molecule has 5 nitrogen and oxygen atoms in total. The normalized spacial score (nSPS) is 27.0. The Balaban J connectivity index is 1.44. The van der Waals surface area contributed by atoms with Crippen molar-refractivity contribution in [1.29, 1.82) is 0 Å². The van der Waals surface area contributed by atoms with Gasteiger partial charge in [0.15, 0.2) is 12.2 Å². The maximum atomic E-state index is 12.3. The summed E-state index contributed by atoms with van der Waals surface area (Å²) in [6.45, 7) is 0. The molecule has 2 aliphatic rings. The first-order valence-electron chi connectivity index (χ1n) is 7.35. The van der Waals surface area contributed by atoms with E-state index in [9.17, 15) is 4.79 Å². The molecule has 1 aromatic heterocycles. The van der Waals surface area contributed by atoms with Gasteiger partial charge in [-0.2, -0.15) is 0 Å². The van der Waals surface area contributed by atoms with Crippen molar-refractivity contribution in [2.45, 2.75) is 31.3 Å². The van der Waals surface area contributed by atoms with Crippen LogP contribution in [0.25, 0.3) is 11.3 Å². The molecule has 108 valence electrons. The predicted octanol–water partition coefficient (Wildman–Crippen LogP) is 2.42. The molecule has 1 aromatic carbocycles. The molecule has 0 radical (unpaired) electrons. The molecule has 2 fully saturated rings. The number of rotatable bonds is 3. The van der Waals surface area contributed by atoms with Crippen molar-refractivity contribution in [1.82, 2.24) is 10.3 Å². The van der Waals surface area contributed by atoms with E-state index in [0.717, 1.165) is 29.9 Å². The van der Waals surface area contributed by atoms with Crippen LogP contribution in [-0.4, -0.2) is 23.0 Å². The number of oxazole rings is 1. The molecule has 2 bridgehead atoms. The minimum Gasteiger partial charge on any atom is -0.444 e. The number of hydrogen-bond acceptors (Lipinski definition) is 4. The zero-order valence-electron chi connectivity index (χ0n) is 11.6. The van der Waals surface area contributed by atoms with Crippen molar-refractivity contribution < 1.29 is 9.21 Å². The van der Waals surface area contributed by atoms with E-state index in [-0.39, 0.29) is 11.8 Å². The number of carbonyl (C=O) groups excluding carboxylic acids is 1. The third-order valence-corrected chi connectivity index (χ3v) is 4.51. The number of aromatic nitrogens is 1. The van der Waals surface area contributed by atoms with Gasteiger partial charge < -0.3 is 15.1 Å². The van der Waals surface area contributed by atoms with E-state index in [1.807, 2.05) is 24.3 Å². The van der Waals surface area contributed by atoms with Crippen LogP contribution in [0.2, 0.25) is 0 Å². The molecule has 2 N–H and O–H groups in total. The van der Waals surface area contributed by atoms with Crippen LogP contribution < -0.4 is 10.6 Å². The molecular formula is C16H17N3O2. The first-order valence-corrected chi connectivity index (χ1v) is 7.35. The molecule has 0 aliphatic carbocycles. The number of carbonyl (C=O) groups is 1. The van der Waals surface area contributed by atoms with Crippen LogP contribution in [0.3, 0.4) is 0 Å². The van der Waals surface area contributed by atoms with Crippen LogP contribution in [0.1, 0.15) is 19.3 Å². The van der Waals surface area contributed by atoms with Gasteiger partial charge in [0.25, 0.3) is 0 Å². The largest absolute Gasteiger partial charge is 0.444 e. The minimum atomic E-state index is 0.109. The molecule has 5 heteroatoms. The van der Waals surface area contributed by atoms with E-state index in [0.29, 0.717) is 12.1 Å². The number of benzene rings is 1. The van der Waals surface area contributed by atoms with Gasteiger partial charge in [-0.05, 0) is 43.5 Å². The second kappa shape index (κ2) is 5.00. The molecule has 4 rings (SSSR count). The van der Waals surface area contributed by atoms with Gasteiger partial charge in [-0.1, -0.05) is 0 Å². The number of nitrogens with one attached hydrogen (secondary N) is 2. The topological polar surface area (TPSA) is 67.2 Å². The molecule has 3 heterocycles. The lowest BCUT2D eigenvalue weighted by molar-refractivity contribution is -0.120. The summed E-state index contributed by atoms with van der Waals surface area (Å²) in [5.74, 6) is 0.963. The number of fused-ring (bicyclic) bond motifs is 2. The molecule has 0 saturated carbocycles. The summed E-state index contributed by atoms with van der Waals surface area (Å²) in [4.78, 5) is 16.2. The first-order chi connectivity index (χ1) is 10.3. The Hall–Kier alpha value is -2.14. The lowest BCUT2D eigenvalue weighted by Crippen LogP contribution is -2.32. The Morgan fingerprint density at radius 3 is 2.76 bits per heavy atom.